The molecule has 126 valence electrons. The molecule has 0 radical (unpaired) electrons. The number of alkyl halides is 3. The molecular weight excluding hydrogens is 325 g/mol. The molecule has 1 rings (SSSR count). The van der Waals surface area contributed by atoms with Crippen molar-refractivity contribution in [3.8, 4) is 0 Å². The summed E-state index contributed by atoms with van der Waals surface area (Å²) in [5.74, 6) is 0. The zero-order valence-electron chi connectivity index (χ0n) is 12.6. The van der Waals surface area contributed by atoms with E-state index in [0.29, 0.717) is 0 Å². The van der Waals surface area contributed by atoms with Crippen molar-refractivity contribution < 1.29 is 22.7 Å². The van der Waals surface area contributed by atoms with E-state index in [1.54, 1.807) is 20.8 Å². The van der Waals surface area contributed by atoms with Crippen LogP contribution in [0.3, 0.4) is 0 Å². The quantitative estimate of drug-likeness (QED) is 0.884. The van der Waals surface area contributed by atoms with E-state index in [-0.39, 0.29) is 17.3 Å². The van der Waals surface area contributed by atoms with Gasteiger partial charge in [0.15, 0.2) is 5.69 Å². The van der Waals surface area contributed by atoms with Gasteiger partial charge in [-0.15, -0.1) is 0 Å². The molecule has 0 aliphatic heterocycles. The third-order valence-electron chi connectivity index (χ3n) is 2.52. The number of nitrogens with two attached hydrogens (primary N) is 1. The monoisotopic (exact) mass is 342 g/mol. The summed E-state index contributed by atoms with van der Waals surface area (Å²) in [6.07, 6.45) is -5.47. The zero-order chi connectivity index (χ0) is 17.3. The molecule has 0 saturated carbocycles. The SMILES string of the molecule is Cn1nc(C(F)(F)F)c(C(N)CNC(=O)OC(C)(C)C)c1Cl. The second-order valence-electron chi connectivity index (χ2n) is 5.66. The van der Waals surface area contributed by atoms with Gasteiger partial charge >= 0.3 is 12.3 Å². The lowest BCUT2D eigenvalue weighted by atomic mass is 10.1. The highest BCUT2D eigenvalue weighted by Gasteiger charge is 2.40. The number of aromatic nitrogens is 2. The van der Waals surface area contributed by atoms with Crippen molar-refractivity contribution in [2.75, 3.05) is 6.54 Å². The Labute approximate surface area is 130 Å². The van der Waals surface area contributed by atoms with Crippen molar-refractivity contribution in [2.45, 2.75) is 38.6 Å². The Hall–Kier alpha value is -1.48. The molecule has 1 amide bonds. The zero-order valence-corrected chi connectivity index (χ0v) is 13.3. The minimum atomic E-state index is -4.69. The van der Waals surface area contributed by atoms with Crippen LogP contribution in [-0.4, -0.2) is 28.0 Å². The van der Waals surface area contributed by atoms with E-state index in [0.717, 1.165) is 4.68 Å². The molecule has 0 aliphatic carbocycles. The molecule has 3 N–H and O–H groups in total. The fraction of sp³-hybridized carbons (Fsp3) is 0.667. The van der Waals surface area contributed by atoms with Gasteiger partial charge in [-0.2, -0.15) is 18.3 Å². The van der Waals surface area contributed by atoms with Gasteiger partial charge in [0.2, 0.25) is 0 Å². The summed E-state index contributed by atoms with van der Waals surface area (Å²) < 4.78 is 44.6. The van der Waals surface area contributed by atoms with Gasteiger partial charge in [0.05, 0.1) is 6.04 Å². The van der Waals surface area contributed by atoms with Crippen LogP contribution in [0, 0.1) is 0 Å². The Morgan fingerprint density at radius 1 is 1.45 bits per heavy atom. The second kappa shape index (κ2) is 6.33. The third kappa shape index (κ3) is 4.77. The molecule has 10 heteroatoms. The molecule has 0 bridgehead atoms. The maximum Gasteiger partial charge on any atom is 0.435 e. The van der Waals surface area contributed by atoms with Crippen LogP contribution in [0.25, 0.3) is 0 Å². The normalized spacial score (nSPS) is 13.9. The van der Waals surface area contributed by atoms with Crippen molar-refractivity contribution in [2.24, 2.45) is 12.8 Å². The summed E-state index contributed by atoms with van der Waals surface area (Å²) in [6, 6.07) is -1.18. The van der Waals surface area contributed by atoms with Crippen molar-refractivity contribution in [3.05, 3.63) is 16.4 Å². The molecule has 1 aromatic rings. The van der Waals surface area contributed by atoms with Crippen molar-refractivity contribution in [3.63, 3.8) is 0 Å². The average molecular weight is 343 g/mol. The van der Waals surface area contributed by atoms with Gasteiger partial charge in [0.25, 0.3) is 0 Å². The van der Waals surface area contributed by atoms with Gasteiger partial charge in [-0.1, -0.05) is 11.6 Å². The predicted molar refractivity (Wildman–Crippen MR) is 74.4 cm³/mol. The molecule has 0 spiro atoms. The lowest BCUT2D eigenvalue weighted by molar-refractivity contribution is -0.142. The number of nitrogens with one attached hydrogen (secondary N) is 1. The first-order valence-electron chi connectivity index (χ1n) is 6.35. The van der Waals surface area contributed by atoms with E-state index in [1.165, 1.54) is 7.05 Å². The average Bonchev–Trinajstić information content (AvgIpc) is 2.61. The van der Waals surface area contributed by atoms with Crippen molar-refractivity contribution in [1.29, 1.82) is 0 Å². The fourth-order valence-corrected chi connectivity index (χ4v) is 1.93. The largest absolute Gasteiger partial charge is 0.444 e. The third-order valence-corrected chi connectivity index (χ3v) is 2.96. The Morgan fingerprint density at radius 2 is 2.00 bits per heavy atom. The Kier molecular flexibility index (Phi) is 5.34. The van der Waals surface area contributed by atoms with Crippen molar-refractivity contribution in [1.82, 2.24) is 15.1 Å². The summed E-state index contributed by atoms with van der Waals surface area (Å²) in [7, 11) is 1.27. The van der Waals surface area contributed by atoms with Gasteiger partial charge in [0.1, 0.15) is 10.8 Å². The smallest absolute Gasteiger partial charge is 0.435 e. The van der Waals surface area contributed by atoms with Gasteiger partial charge < -0.3 is 15.8 Å². The molecule has 22 heavy (non-hydrogen) atoms. The van der Waals surface area contributed by atoms with Crippen LogP contribution in [0.5, 0.6) is 0 Å². The number of rotatable bonds is 3. The molecule has 1 atom stereocenters. The molecule has 6 nitrogen and oxygen atoms in total. The Balaban J connectivity index is 2.86. The van der Waals surface area contributed by atoms with E-state index >= 15 is 0 Å². The first-order valence-corrected chi connectivity index (χ1v) is 6.72. The van der Waals surface area contributed by atoms with Crippen LogP contribution < -0.4 is 11.1 Å². The van der Waals surface area contributed by atoms with E-state index < -0.39 is 29.6 Å². The molecule has 1 unspecified atom stereocenters. The number of alkyl carbamates (subject to hydrolysis) is 1. The molecule has 1 aromatic heterocycles. The Bertz CT molecular complexity index is 552. The van der Waals surface area contributed by atoms with E-state index in [4.69, 9.17) is 22.1 Å². The molecule has 0 aromatic carbocycles. The van der Waals surface area contributed by atoms with Crippen LogP contribution in [0.4, 0.5) is 18.0 Å². The number of nitrogens with zero attached hydrogens (tertiary/aromatic N) is 2. The van der Waals surface area contributed by atoms with Gasteiger partial charge in [0, 0.05) is 19.2 Å². The summed E-state index contributed by atoms with van der Waals surface area (Å²) in [5, 5.41) is 5.40. The van der Waals surface area contributed by atoms with E-state index in [9.17, 15) is 18.0 Å². The lowest BCUT2D eigenvalue weighted by Gasteiger charge is -2.21. The first kappa shape index (κ1) is 18.6. The summed E-state index contributed by atoms with van der Waals surface area (Å²) in [6.45, 7) is 4.70. The highest BCUT2D eigenvalue weighted by atomic mass is 35.5. The lowest BCUT2D eigenvalue weighted by Crippen LogP contribution is -2.37. The standard InChI is InChI=1S/C12H18ClF3N4O2/c1-11(2,3)22-10(21)18-5-6(17)7-8(12(14,15)16)19-20(4)9(7)13/h6H,5,17H2,1-4H3,(H,18,21). The number of aryl methyl sites for hydroxylation is 1. The maximum absolute atomic E-state index is 12.9. The first-order chi connectivity index (χ1) is 9.83. The fourth-order valence-electron chi connectivity index (χ4n) is 1.67. The molecule has 0 aliphatic rings. The van der Waals surface area contributed by atoms with Crippen LogP contribution in [0.2, 0.25) is 5.15 Å². The van der Waals surface area contributed by atoms with E-state index in [2.05, 4.69) is 10.4 Å². The summed E-state index contributed by atoms with van der Waals surface area (Å²) in [4.78, 5) is 11.5. The number of ether oxygens (including phenoxy) is 1. The molecule has 0 fully saturated rings. The molecule has 0 saturated heterocycles. The number of halogens is 4. The van der Waals surface area contributed by atoms with Crippen LogP contribution >= 0.6 is 11.6 Å². The van der Waals surface area contributed by atoms with Crippen LogP contribution in [-0.2, 0) is 18.0 Å². The summed E-state index contributed by atoms with van der Waals surface area (Å²) in [5.41, 5.74) is 3.45. The van der Waals surface area contributed by atoms with Crippen LogP contribution in [0.15, 0.2) is 0 Å². The van der Waals surface area contributed by atoms with Crippen molar-refractivity contribution >= 4 is 17.7 Å². The topological polar surface area (TPSA) is 82.2 Å². The van der Waals surface area contributed by atoms with Crippen LogP contribution in [0.1, 0.15) is 38.1 Å². The second-order valence-corrected chi connectivity index (χ2v) is 6.02. The number of hydrogen-bond acceptors (Lipinski definition) is 4. The van der Waals surface area contributed by atoms with Gasteiger partial charge in [-0.05, 0) is 20.8 Å². The summed E-state index contributed by atoms with van der Waals surface area (Å²) >= 11 is 5.81. The van der Waals surface area contributed by atoms with Gasteiger partial charge in [-0.3, -0.25) is 4.68 Å². The minimum Gasteiger partial charge on any atom is -0.444 e. The van der Waals surface area contributed by atoms with Gasteiger partial charge in [-0.25, -0.2) is 4.79 Å². The Morgan fingerprint density at radius 3 is 2.45 bits per heavy atom. The van der Waals surface area contributed by atoms with E-state index in [1.807, 2.05) is 0 Å². The number of amides is 1. The highest BCUT2D eigenvalue weighted by Crippen LogP contribution is 2.36. The maximum atomic E-state index is 12.9. The number of carbonyl (C=O) groups is 1. The molecule has 1 heterocycles. The minimum absolute atomic E-state index is 0.231. The number of hydrogen-bond donors (Lipinski definition) is 2. The molecular formula is C12H18ClF3N4O2. The number of carbonyl (C=O) groups excluding carboxylic acids is 1. The highest BCUT2D eigenvalue weighted by molar-refractivity contribution is 6.30. The predicted octanol–water partition coefficient (Wildman–Crippen LogP) is 2.62.